The van der Waals surface area contributed by atoms with Gasteiger partial charge >= 0.3 is 0 Å². The van der Waals surface area contributed by atoms with Crippen molar-refractivity contribution >= 4 is 5.91 Å². The number of likely N-dealkylation sites (N-methyl/N-ethyl adjacent to an activating group) is 1. The smallest absolute Gasteiger partial charge is 0.226 e. The fraction of sp³-hybridized carbons (Fsp3) is 0.909. The highest BCUT2D eigenvalue weighted by Crippen LogP contribution is 2.32. The van der Waals surface area contributed by atoms with E-state index in [1.807, 2.05) is 6.92 Å². The van der Waals surface area contributed by atoms with E-state index in [9.17, 15) is 4.79 Å². The highest BCUT2D eigenvalue weighted by molar-refractivity contribution is 5.79. The molecule has 1 saturated carbocycles. The van der Waals surface area contributed by atoms with Crippen LogP contribution in [-0.2, 0) is 4.79 Å². The maximum atomic E-state index is 12.1. The first-order valence-corrected chi connectivity index (χ1v) is 5.69. The van der Waals surface area contributed by atoms with Crippen molar-refractivity contribution in [1.29, 1.82) is 0 Å². The Morgan fingerprint density at radius 2 is 2.27 bits per heavy atom. The van der Waals surface area contributed by atoms with Gasteiger partial charge in [-0.15, -0.1) is 0 Å². The second-order valence-corrected chi connectivity index (χ2v) is 4.51. The van der Waals surface area contributed by atoms with E-state index in [0.29, 0.717) is 12.5 Å². The fourth-order valence-corrected chi connectivity index (χ4v) is 2.25. The lowest BCUT2D eigenvalue weighted by molar-refractivity contribution is -0.137. The molecule has 0 aromatic carbocycles. The highest BCUT2D eigenvalue weighted by atomic mass is 16.3. The SMILES string of the molecule is CC(CO)N(C)C(=O)C1CCCC1CN. The second kappa shape index (κ2) is 5.47. The molecule has 1 aliphatic carbocycles. The molecule has 1 aliphatic rings. The molecule has 3 unspecified atom stereocenters. The molecular weight excluding hydrogens is 192 g/mol. The third-order valence-corrected chi connectivity index (χ3v) is 3.55. The molecule has 4 heteroatoms. The molecule has 0 spiro atoms. The van der Waals surface area contributed by atoms with Crippen LogP contribution in [0, 0.1) is 11.8 Å². The van der Waals surface area contributed by atoms with Gasteiger partial charge in [0, 0.05) is 13.0 Å². The standard InChI is InChI=1S/C11H22N2O2/c1-8(7-14)13(2)11(15)10-5-3-4-9(10)6-12/h8-10,14H,3-7,12H2,1-2H3. The van der Waals surface area contributed by atoms with Crippen LogP contribution < -0.4 is 5.73 Å². The van der Waals surface area contributed by atoms with Crippen LogP contribution in [0.4, 0.5) is 0 Å². The summed E-state index contributed by atoms with van der Waals surface area (Å²) in [6, 6.07) is -0.100. The minimum absolute atomic E-state index is 0.0161. The van der Waals surface area contributed by atoms with Crippen LogP contribution >= 0.6 is 0 Å². The Labute approximate surface area is 91.4 Å². The molecule has 3 N–H and O–H groups in total. The normalized spacial score (nSPS) is 27.7. The molecule has 88 valence electrons. The van der Waals surface area contributed by atoms with Crippen molar-refractivity contribution in [3.63, 3.8) is 0 Å². The summed E-state index contributed by atoms with van der Waals surface area (Å²) in [6.45, 7) is 2.46. The van der Waals surface area contributed by atoms with Gasteiger partial charge in [0.15, 0.2) is 0 Å². The van der Waals surface area contributed by atoms with Gasteiger partial charge in [0.2, 0.25) is 5.91 Å². The minimum atomic E-state index is -0.100. The zero-order valence-corrected chi connectivity index (χ0v) is 9.65. The molecule has 0 saturated heterocycles. The van der Waals surface area contributed by atoms with Gasteiger partial charge in [-0.25, -0.2) is 0 Å². The number of amides is 1. The highest BCUT2D eigenvalue weighted by Gasteiger charge is 2.34. The lowest BCUT2D eigenvalue weighted by Gasteiger charge is -2.28. The fourth-order valence-electron chi connectivity index (χ4n) is 2.25. The number of hydrogen-bond acceptors (Lipinski definition) is 3. The summed E-state index contributed by atoms with van der Waals surface area (Å²) in [5.41, 5.74) is 5.65. The minimum Gasteiger partial charge on any atom is -0.394 e. The molecule has 1 fully saturated rings. The van der Waals surface area contributed by atoms with E-state index in [0.717, 1.165) is 19.3 Å². The van der Waals surface area contributed by atoms with Crippen LogP contribution in [0.5, 0.6) is 0 Å². The predicted molar refractivity (Wildman–Crippen MR) is 59.2 cm³/mol. The van der Waals surface area contributed by atoms with Crippen molar-refractivity contribution in [2.45, 2.75) is 32.2 Å². The van der Waals surface area contributed by atoms with E-state index in [2.05, 4.69) is 0 Å². The Kier molecular flexibility index (Phi) is 4.54. The number of aliphatic hydroxyl groups is 1. The number of nitrogens with two attached hydrogens (primary N) is 1. The van der Waals surface area contributed by atoms with Crippen LogP contribution in [0.15, 0.2) is 0 Å². The molecule has 1 amide bonds. The Balaban J connectivity index is 2.59. The van der Waals surface area contributed by atoms with Gasteiger partial charge in [-0.2, -0.15) is 0 Å². The summed E-state index contributed by atoms with van der Waals surface area (Å²) < 4.78 is 0. The van der Waals surface area contributed by atoms with Crippen LogP contribution in [0.3, 0.4) is 0 Å². The summed E-state index contributed by atoms with van der Waals surface area (Å²) in [5.74, 6) is 0.560. The average molecular weight is 214 g/mol. The first-order chi connectivity index (χ1) is 7.11. The van der Waals surface area contributed by atoms with E-state index in [4.69, 9.17) is 10.8 Å². The van der Waals surface area contributed by atoms with Crippen molar-refractivity contribution in [2.75, 3.05) is 20.2 Å². The molecule has 0 bridgehead atoms. The van der Waals surface area contributed by atoms with Gasteiger partial charge in [-0.3, -0.25) is 4.79 Å². The van der Waals surface area contributed by atoms with Crippen LogP contribution in [0.1, 0.15) is 26.2 Å². The van der Waals surface area contributed by atoms with Crippen molar-refractivity contribution in [2.24, 2.45) is 17.6 Å². The molecule has 0 aromatic rings. The number of aliphatic hydroxyl groups excluding tert-OH is 1. The number of nitrogens with zero attached hydrogens (tertiary/aromatic N) is 1. The van der Waals surface area contributed by atoms with Crippen LogP contribution in [0.2, 0.25) is 0 Å². The third kappa shape index (κ3) is 2.69. The Bertz CT molecular complexity index is 221. The van der Waals surface area contributed by atoms with Gasteiger partial charge in [0.25, 0.3) is 0 Å². The maximum Gasteiger partial charge on any atom is 0.226 e. The third-order valence-electron chi connectivity index (χ3n) is 3.55. The summed E-state index contributed by atoms with van der Waals surface area (Å²) in [6.07, 6.45) is 3.11. The van der Waals surface area contributed by atoms with Crippen LogP contribution in [0.25, 0.3) is 0 Å². The predicted octanol–water partition coefficient (Wildman–Crippen LogP) is 0.201. The van der Waals surface area contributed by atoms with Gasteiger partial charge in [0.1, 0.15) is 0 Å². The van der Waals surface area contributed by atoms with Crippen LogP contribution in [-0.4, -0.2) is 42.2 Å². The molecule has 15 heavy (non-hydrogen) atoms. The summed E-state index contributed by atoms with van der Waals surface area (Å²) >= 11 is 0. The average Bonchev–Trinajstić information content (AvgIpc) is 2.73. The number of carbonyl (C=O) groups is 1. The van der Waals surface area contributed by atoms with Crippen molar-refractivity contribution < 1.29 is 9.90 Å². The monoisotopic (exact) mass is 214 g/mol. The molecule has 0 heterocycles. The Hall–Kier alpha value is -0.610. The lowest BCUT2D eigenvalue weighted by atomic mass is 9.94. The topological polar surface area (TPSA) is 66.6 Å². The zero-order chi connectivity index (χ0) is 11.4. The number of hydrogen-bond donors (Lipinski definition) is 2. The van der Waals surface area contributed by atoms with Gasteiger partial charge < -0.3 is 15.7 Å². The molecule has 0 aliphatic heterocycles. The maximum absolute atomic E-state index is 12.1. The first kappa shape index (κ1) is 12.5. The quantitative estimate of drug-likeness (QED) is 0.702. The largest absolute Gasteiger partial charge is 0.394 e. The van der Waals surface area contributed by atoms with E-state index >= 15 is 0 Å². The molecule has 1 rings (SSSR count). The van der Waals surface area contributed by atoms with Crippen molar-refractivity contribution in [1.82, 2.24) is 4.90 Å². The summed E-state index contributed by atoms with van der Waals surface area (Å²) in [7, 11) is 1.76. The first-order valence-electron chi connectivity index (χ1n) is 5.69. The Morgan fingerprint density at radius 1 is 1.60 bits per heavy atom. The summed E-state index contributed by atoms with van der Waals surface area (Å²) in [4.78, 5) is 13.7. The van der Waals surface area contributed by atoms with E-state index in [1.54, 1.807) is 11.9 Å². The zero-order valence-electron chi connectivity index (χ0n) is 9.65. The van der Waals surface area contributed by atoms with Gasteiger partial charge in [-0.1, -0.05) is 6.42 Å². The van der Waals surface area contributed by atoms with Gasteiger partial charge in [0.05, 0.1) is 12.6 Å². The second-order valence-electron chi connectivity index (χ2n) is 4.51. The van der Waals surface area contributed by atoms with Gasteiger partial charge in [-0.05, 0) is 32.2 Å². The number of carbonyl (C=O) groups excluding carboxylic acids is 1. The van der Waals surface area contributed by atoms with E-state index < -0.39 is 0 Å². The molecule has 4 nitrogen and oxygen atoms in total. The molecular formula is C11H22N2O2. The molecule has 0 aromatic heterocycles. The summed E-state index contributed by atoms with van der Waals surface area (Å²) in [5, 5.41) is 9.00. The van der Waals surface area contributed by atoms with Crippen molar-refractivity contribution in [3.05, 3.63) is 0 Å². The van der Waals surface area contributed by atoms with E-state index in [-0.39, 0.29) is 24.5 Å². The van der Waals surface area contributed by atoms with E-state index in [1.165, 1.54) is 0 Å². The van der Waals surface area contributed by atoms with Crippen molar-refractivity contribution in [3.8, 4) is 0 Å². The molecule has 0 radical (unpaired) electrons. The Morgan fingerprint density at radius 3 is 2.80 bits per heavy atom. The molecule has 3 atom stereocenters. The number of rotatable bonds is 4. The lowest BCUT2D eigenvalue weighted by Crippen LogP contribution is -2.42.